The van der Waals surface area contributed by atoms with Crippen LogP contribution in [0.5, 0.6) is 0 Å². The lowest BCUT2D eigenvalue weighted by molar-refractivity contribution is 0.1000. The average Bonchev–Trinajstić information content (AvgIpc) is 2.95. The number of ketones is 1. The van der Waals surface area contributed by atoms with Crippen molar-refractivity contribution < 1.29 is 9.21 Å². The Hall–Kier alpha value is -2.17. The maximum Gasteiger partial charge on any atom is 0.192 e. The summed E-state index contributed by atoms with van der Waals surface area (Å²) in [5.74, 6) is 1.42. The normalized spacial score (nSPS) is 14.6. The van der Waals surface area contributed by atoms with Crippen molar-refractivity contribution in [3.8, 4) is 0 Å². The summed E-state index contributed by atoms with van der Waals surface area (Å²) in [6.07, 6.45) is 0.318. The third-order valence-corrected chi connectivity index (χ3v) is 2.89. The van der Waals surface area contributed by atoms with Crippen LogP contribution in [-0.2, 0) is 0 Å². The van der Waals surface area contributed by atoms with Crippen molar-refractivity contribution in [3.05, 3.63) is 29.7 Å². The standard InChI is InChI=1S/C13H13N3O2/c1-8-16-10-3-2-9(6-12(10)18-8)11(17)7-13-14-4-5-15-13/h2-3,6H,4-5,7H2,1H3,(H,14,15). The Morgan fingerprint density at radius 1 is 1.50 bits per heavy atom. The summed E-state index contributed by atoms with van der Waals surface area (Å²) in [4.78, 5) is 20.5. The number of hydrogen-bond donors (Lipinski definition) is 1. The lowest BCUT2D eigenvalue weighted by Crippen LogP contribution is -2.21. The summed E-state index contributed by atoms with van der Waals surface area (Å²) in [5, 5.41) is 3.09. The van der Waals surface area contributed by atoms with Crippen LogP contribution in [0.4, 0.5) is 0 Å². The first-order valence-corrected chi connectivity index (χ1v) is 5.90. The molecule has 3 rings (SSSR count). The molecule has 0 radical (unpaired) electrons. The van der Waals surface area contributed by atoms with Crippen LogP contribution in [0.2, 0.25) is 0 Å². The Bertz CT molecular complexity index is 643. The summed E-state index contributed by atoms with van der Waals surface area (Å²) in [7, 11) is 0. The quantitative estimate of drug-likeness (QED) is 0.833. The van der Waals surface area contributed by atoms with Crippen LogP contribution in [0.25, 0.3) is 11.1 Å². The van der Waals surface area contributed by atoms with Crippen molar-refractivity contribution in [2.24, 2.45) is 4.99 Å². The van der Waals surface area contributed by atoms with Crippen LogP contribution in [0.15, 0.2) is 27.6 Å². The molecule has 5 nitrogen and oxygen atoms in total. The summed E-state index contributed by atoms with van der Waals surface area (Å²) in [6.45, 7) is 3.37. The third kappa shape index (κ3) is 1.99. The third-order valence-electron chi connectivity index (χ3n) is 2.89. The number of Topliss-reactive ketones (excluding diaryl/α,β-unsaturated/α-hetero) is 1. The van der Waals surface area contributed by atoms with Crippen LogP contribution in [0, 0.1) is 6.92 Å². The number of fused-ring (bicyclic) bond motifs is 1. The van der Waals surface area contributed by atoms with Gasteiger partial charge < -0.3 is 9.73 Å². The van der Waals surface area contributed by atoms with Gasteiger partial charge in [0.15, 0.2) is 17.3 Å². The van der Waals surface area contributed by atoms with Crippen molar-refractivity contribution in [1.82, 2.24) is 10.3 Å². The summed E-state index contributed by atoms with van der Waals surface area (Å²) in [5.41, 5.74) is 2.06. The number of aryl methyl sites for hydroxylation is 1. The molecule has 0 saturated heterocycles. The van der Waals surface area contributed by atoms with Crippen molar-refractivity contribution in [3.63, 3.8) is 0 Å². The second-order valence-electron chi connectivity index (χ2n) is 4.27. The molecular weight excluding hydrogens is 230 g/mol. The van der Waals surface area contributed by atoms with E-state index in [0.717, 1.165) is 24.4 Å². The van der Waals surface area contributed by atoms with Gasteiger partial charge in [0.25, 0.3) is 0 Å². The first kappa shape index (κ1) is 11.0. The minimum absolute atomic E-state index is 0.0408. The smallest absolute Gasteiger partial charge is 0.192 e. The molecule has 0 aliphatic carbocycles. The van der Waals surface area contributed by atoms with E-state index >= 15 is 0 Å². The molecule has 2 heterocycles. The number of rotatable bonds is 3. The first-order valence-electron chi connectivity index (χ1n) is 5.90. The minimum atomic E-state index is 0.0408. The number of benzene rings is 1. The number of carbonyl (C=O) groups is 1. The maximum absolute atomic E-state index is 12.1. The van der Waals surface area contributed by atoms with Gasteiger partial charge in [-0.1, -0.05) is 0 Å². The molecule has 0 saturated carbocycles. The molecule has 1 aromatic heterocycles. The van der Waals surface area contributed by atoms with Crippen LogP contribution >= 0.6 is 0 Å². The van der Waals surface area contributed by atoms with E-state index in [4.69, 9.17) is 4.42 Å². The molecule has 0 fully saturated rings. The van der Waals surface area contributed by atoms with Gasteiger partial charge in [0.05, 0.1) is 13.0 Å². The molecule has 0 bridgehead atoms. The Morgan fingerprint density at radius 2 is 2.39 bits per heavy atom. The van der Waals surface area contributed by atoms with E-state index in [2.05, 4.69) is 15.3 Å². The minimum Gasteiger partial charge on any atom is -0.441 e. The van der Waals surface area contributed by atoms with E-state index in [0.29, 0.717) is 23.5 Å². The number of oxazole rings is 1. The van der Waals surface area contributed by atoms with Gasteiger partial charge in [0, 0.05) is 19.0 Å². The number of nitrogens with zero attached hydrogens (tertiary/aromatic N) is 2. The van der Waals surface area contributed by atoms with E-state index in [1.807, 2.05) is 6.07 Å². The van der Waals surface area contributed by atoms with Crippen LogP contribution in [0.3, 0.4) is 0 Å². The number of amidine groups is 1. The SMILES string of the molecule is Cc1nc2ccc(C(=O)CC3=NCCN3)cc2o1. The fourth-order valence-electron chi connectivity index (χ4n) is 2.03. The Kier molecular flexibility index (Phi) is 2.59. The Labute approximate surface area is 104 Å². The van der Waals surface area contributed by atoms with Crippen LogP contribution < -0.4 is 5.32 Å². The van der Waals surface area contributed by atoms with Crippen molar-refractivity contribution in [2.75, 3.05) is 13.1 Å². The van der Waals surface area contributed by atoms with Crippen LogP contribution in [0.1, 0.15) is 22.7 Å². The lowest BCUT2D eigenvalue weighted by Gasteiger charge is -2.01. The van der Waals surface area contributed by atoms with E-state index in [9.17, 15) is 4.79 Å². The highest BCUT2D eigenvalue weighted by atomic mass is 16.3. The lowest BCUT2D eigenvalue weighted by atomic mass is 10.1. The van der Waals surface area contributed by atoms with Gasteiger partial charge in [-0.25, -0.2) is 4.98 Å². The Morgan fingerprint density at radius 3 is 3.17 bits per heavy atom. The molecular formula is C13H13N3O2. The monoisotopic (exact) mass is 243 g/mol. The molecule has 18 heavy (non-hydrogen) atoms. The highest BCUT2D eigenvalue weighted by Crippen LogP contribution is 2.18. The van der Waals surface area contributed by atoms with E-state index in [1.54, 1.807) is 19.1 Å². The van der Waals surface area contributed by atoms with Gasteiger partial charge in [-0.05, 0) is 18.2 Å². The van der Waals surface area contributed by atoms with Crippen molar-refractivity contribution >= 4 is 22.7 Å². The van der Waals surface area contributed by atoms with Gasteiger partial charge in [-0.2, -0.15) is 0 Å². The van der Waals surface area contributed by atoms with Gasteiger partial charge in [-0.15, -0.1) is 0 Å². The van der Waals surface area contributed by atoms with Gasteiger partial charge in [0.1, 0.15) is 11.4 Å². The maximum atomic E-state index is 12.1. The predicted molar refractivity (Wildman–Crippen MR) is 68.0 cm³/mol. The molecule has 1 N–H and O–H groups in total. The number of nitrogens with one attached hydrogen (secondary N) is 1. The van der Waals surface area contributed by atoms with E-state index in [-0.39, 0.29) is 5.78 Å². The second-order valence-corrected chi connectivity index (χ2v) is 4.27. The van der Waals surface area contributed by atoms with Crippen LogP contribution in [-0.4, -0.2) is 29.7 Å². The zero-order chi connectivity index (χ0) is 12.5. The highest BCUT2D eigenvalue weighted by Gasteiger charge is 2.14. The number of carbonyl (C=O) groups excluding carboxylic acids is 1. The Balaban J connectivity index is 1.86. The molecule has 1 aromatic carbocycles. The van der Waals surface area contributed by atoms with E-state index < -0.39 is 0 Å². The molecule has 92 valence electrons. The summed E-state index contributed by atoms with van der Waals surface area (Å²) < 4.78 is 5.42. The van der Waals surface area contributed by atoms with Gasteiger partial charge >= 0.3 is 0 Å². The molecule has 0 spiro atoms. The second kappa shape index (κ2) is 4.25. The molecule has 2 aromatic rings. The molecule has 1 aliphatic heterocycles. The average molecular weight is 243 g/mol. The topological polar surface area (TPSA) is 67.5 Å². The molecule has 5 heteroatoms. The number of aliphatic imine (C=N–C) groups is 1. The number of aromatic nitrogens is 1. The fraction of sp³-hybridized carbons (Fsp3) is 0.308. The first-order chi connectivity index (χ1) is 8.72. The molecule has 0 amide bonds. The van der Waals surface area contributed by atoms with Crippen molar-refractivity contribution in [2.45, 2.75) is 13.3 Å². The molecule has 1 aliphatic rings. The largest absolute Gasteiger partial charge is 0.441 e. The predicted octanol–water partition coefficient (Wildman–Crippen LogP) is 1.71. The van der Waals surface area contributed by atoms with Crippen molar-refractivity contribution in [1.29, 1.82) is 0 Å². The summed E-state index contributed by atoms with van der Waals surface area (Å²) >= 11 is 0. The zero-order valence-corrected chi connectivity index (χ0v) is 10.1. The molecule has 0 unspecified atom stereocenters. The number of hydrogen-bond acceptors (Lipinski definition) is 5. The zero-order valence-electron chi connectivity index (χ0n) is 10.1. The van der Waals surface area contributed by atoms with E-state index in [1.165, 1.54) is 0 Å². The van der Waals surface area contributed by atoms with Gasteiger partial charge in [-0.3, -0.25) is 9.79 Å². The van der Waals surface area contributed by atoms with Gasteiger partial charge in [0.2, 0.25) is 0 Å². The summed E-state index contributed by atoms with van der Waals surface area (Å²) in [6, 6.07) is 5.33. The fourth-order valence-corrected chi connectivity index (χ4v) is 2.03. The molecule has 0 atom stereocenters. The highest BCUT2D eigenvalue weighted by molar-refractivity contribution is 6.10.